The zero-order valence-corrected chi connectivity index (χ0v) is 58.2. The molecular formula is C51H68Cl6F6N4O18S2Si2. The van der Waals surface area contributed by atoms with Crippen LogP contribution in [-0.4, -0.2) is 176 Å². The number of hydrogen-bond donors (Lipinski definition) is 0. The molecule has 2 saturated heterocycles. The number of carbonyl (C=O) groups excluding carboxylic acids is 4. The van der Waals surface area contributed by atoms with Crippen molar-refractivity contribution in [2.24, 2.45) is 0 Å². The number of carbonyl (C=O) groups is 4. The molecule has 0 radical (unpaired) electrons. The van der Waals surface area contributed by atoms with E-state index in [1.165, 1.54) is 38.5 Å². The Morgan fingerprint density at radius 3 is 1.16 bits per heavy atom. The van der Waals surface area contributed by atoms with E-state index in [1.54, 1.807) is 26.2 Å². The van der Waals surface area contributed by atoms with E-state index in [2.05, 4.69) is 8.37 Å². The Bertz CT molecular complexity index is 3000. The van der Waals surface area contributed by atoms with Gasteiger partial charge in [-0.1, -0.05) is 111 Å². The number of alkyl halides is 12. The Balaban J connectivity index is 1.30. The molecule has 4 amide bonds. The molecule has 0 aromatic heterocycles. The van der Waals surface area contributed by atoms with E-state index in [-0.39, 0.29) is 58.7 Å². The Morgan fingerprint density at radius 2 is 0.876 bits per heavy atom. The number of nitrogens with zero attached hydrogens (tertiary/aromatic N) is 4. The van der Waals surface area contributed by atoms with Gasteiger partial charge in [-0.3, -0.25) is 18.0 Å². The number of methoxy groups -OCH3 is 2. The largest absolute Gasteiger partial charge is 0.523 e. The van der Waals surface area contributed by atoms with Crippen LogP contribution in [0.15, 0.2) is 24.3 Å². The molecule has 6 rings (SSSR count). The standard InChI is InChI=1S/C51H68Cl6F6N4O18S2Si2/c1-46(2,3)88(9,10)84-42-34-18-28(82-86(72,73)50(58,59)60)24-64(34)40(68)30-20-36(76-7)38(22-32(30)66(42)44(70)80-26-48(52,53)54)78-16-14-13-15-17-79-39-23-33-31(21-37(39)77-8)41(69)65-25-29(83-87(74,75)51(61,62)63)19-35(65)43(85-89(11,12)47(4,5)6)67(33)45(71)81-27-49(55,56)57/h20-23,28-29,34-35,42-43H,13-19,24-27H2,1-12H3/t28?,29?,34-,35-,42-,43-/m0/s1. The minimum absolute atomic E-state index is 0.0213. The summed E-state index contributed by atoms with van der Waals surface area (Å²) in [7, 11) is -16.0. The summed E-state index contributed by atoms with van der Waals surface area (Å²) in [6.07, 6.45) is -9.34. The van der Waals surface area contributed by atoms with Crippen molar-refractivity contribution in [3.8, 4) is 23.0 Å². The molecule has 2 aromatic carbocycles. The van der Waals surface area contributed by atoms with Crippen molar-refractivity contribution in [2.45, 2.75) is 165 Å². The first-order valence-electron chi connectivity index (χ1n) is 27.2. The van der Waals surface area contributed by atoms with E-state index in [0.29, 0.717) is 19.3 Å². The molecule has 22 nitrogen and oxygen atoms in total. The number of anilines is 2. The normalized spacial score (nSPS) is 21.6. The third kappa shape index (κ3) is 17.3. The van der Waals surface area contributed by atoms with Crippen molar-refractivity contribution in [1.82, 2.24) is 9.80 Å². The van der Waals surface area contributed by atoms with Crippen molar-refractivity contribution >= 4 is 142 Å². The molecule has 504 valence electrons. The average molecular weight is 1470 g/mol. The van der Waals surface area contributed by atoms with Gasteiger partial charge in [-0.25, -0.2) is 19.4 Å². The second-order valence-corrected chi connectivity index (χ2v) is 41.8. The number of fused-ring (bicyclic) bond motifs is 4. The summed E-state index contributed by atoms with van der Waals surface area (Å²) in [5, 5.41) is -1.21. The molecular weight excluding hydrogens is 1400 g/mol. The van der Waals surface area contributed by atoms with Gasteiger partial charge in [0.25, 0.3) is 11.8 Å². The van der Waals surface area contributed by atoms with Crippen molar-refractivity contribution in [2.75, 3.05) is 63.5 Å². The average Bonchev–Trinajstić information content (AvgIpc) is 1.63. The van der Waals surface area contributed by atoms with E-state index in [4.69, 9.17) is 107 Å². The molecule has 4 aliphatic rings. The Labute approximate surface area is 543 Å². The first-order valence-corrected chi connectivity index (χ1v) is 38.1. The smallest absolute Gasteiger partial charge is 0.493 e. The van der Waals surface area contributed by atoms with Crippen LogP contribution in [0.1, 0.15) is 94.4 Å². The predicted octanol–water partition coefficient (Wildman–Crippen LogP) is 12.6. The second kappa shape index (κ2) is 27.1. The summed E-state index contributed by atoms with van der Waals surface area (Å²) in [5.74, 6) is -1.93. The molecule has 4 heterocycles. The Kier molecular flexibility index (Phi) is 22.8. The number of halogens is 12. The summed E-state index contributed by atoms with van der Waals surface area (Å²) in [6, 6.07) is 2.30. The van der Waals surface area contributed by atoms with Gasteiger partial charge in [0.2, 0.25) is 7.59 Å². The van der Waals surface area contributed by atoms with Gasteiger partial charge in [0, 0.05) is 38.1 Å². The van der Waals surface area contributed by atoms with E-state index in [1.807, 2.05) is 41.5 Å². The molecule has 0 spiro atoms. The van der Waals surface area contributed by atoms with Crippen LogP contribution in [-0.2, 0) is 46.9 Å². The van der Waals surface area contributed by atoms with Gasteiger partial charge in [0.05, 0.1) is 74.2 Å². The number of unbranched alkanes of at least 4 members (excludes halogenated alkanes) is 2. The van der Waals surface area contributed by atoms with Gasteiger partial charge in [-0.2, -0.15) is 43.2 Å². The van der Waals surface area contributed by atoms with Gasteiger partial charge in [-0.05, 0) is 67.7 Å². The van der Waals surface area contributed by atoms with Crippen molar-refractivity contribution in [3.05, 3.63) is 35.4 Å². The summed E-state index contributed by atoms with van der Waals surface area (Å²) in [4.78, 5) is 62.4. The fraction of sp³-hybridized carbons (Fsp3) is 0.686. The van der Waals surface area contributed by atoms with Gasteiger partial charge < -0.3 is 47.1 Å². The quantitative estimate of drug-likeness (QED) is 0.0299. The fourth-order valence-electron chi connectivity index (χ4n) is 9.37. The van der Waals surface area contributed by atoms with Crippen LogP contribution >= 0.6 is 69.6 Å². The third-order valence-corrected chi connectivity index (χ3v) is 27.5. The number of hydrogen-bond acceptors (Lipinski definition) is 18. The number of benzene rings is 2. The van der Waals surface area contributed by atoms with Crippen molar-refractivity contribution < 1.29 is 108 Å². The first kappa shape index (κ1) is 74.7. The fourth-order valence-corrected chi connectivity index (χ4v) is 13.4. The third-order valence-electron chi connectivity index (χ3n) is 15.8. The zero-order chi connectivity index (χ0) is 67.4. The van der Waals surface area contributed by atoms with Gasteiger partial charge in [0.1, 0.15) is 13.2 Å². The molecule has 2 fully saturated rings. The maximum Gasteiger partial charge on any atom is 0.523 e. The SMILES string of the molecule is COc1cc2c(cc1OCCCCCOc1cc3c(cc1OC)C(=O)N1CC(OS(=O)(=O)C(F)(F)F)C[C@H]1[C@H](O[Si](C)(C)C(C)(C)C)N3C(=O)OCC(Cl)(Cl)Cl)N(C(=O)OCC(Cl)(Cl)Cl)[C@@H](O[Si](C)(C)C(C)(C)C)[C@@H]1CC(OS(=O)(=O)C(F)(F)F)CN1C2=O. The number of rotatable bonds is 20. The molecule has 0 aliphatic carbocycles. The zero-order valence-electron chi connectivity index (χ0n) is 50.0. The monoisotopic (exact) mass is 1470 g/mol. The molecule has 0 N–H and O–H groups in total. The molecule has 4 aliphatic heterocycles. The summed E-state index contributed by atoms with van der Waals surface area (Å²) < 4.78 is 184. The lowest BCUT2D eigenvalue weighted by molar-refractivity contribution is -0.0573. The highest BCUT2D eigenvalue weighted by atomic mass is 35.6. The second-order valence-electron chi connectivity index (χ2n) is 24.2. The molecule has 2 unspecified atom stereocenters. The number of amides is 4. The molecule has 2 aromatic rings. The minimum Gasteiger partial charge on any atom is -0.493 e. The maximum atomic E-state index is 14.7. The van der Waals surface area contributed by atoms with Crippen LogP contribution in [0.3, 0.4) is 0 Å². The van der Waals surface area contributed by atoms with Gasteiger partial charge in [-0.15, -0.1) is 0 Å². The molecule has 0 saturated carbocycles. The minimum atomic E-state index is -6.17. The topological polar surface area (TPSA) is 242 Å². The van der Waals surface area contributed by atoms with Crippen LogP contribution < -0.4 is 28.7 Å². The van der Waals surface area contributed by atoms with Gasteiger partial charge in [0.15, 0.2) is 52.1 Å². The molecule has 89 heavy (non-hydrogen) atoms. The lowest BCUT2D eigenvalue weighted by Gasteiger charge is -2.44. The summed E-state index contributed by atoms with van der Waals surface area (Å²) in [6.45, 7) is 15.2. The van der Waals surface area contributed by atoms with Crippen LogP contribution in [0.25, 0.3) is 0 Å². The van der Waals surface area contributed by atoms with Crippen molar-refractivity contribution in [3.63, 3.8) is 0 Å². The predicted molar refractivity (Wildman–Crippen MR) is 322 cm³/mol. The van der Waals surface area contributed by atoms with E-state index in [9.17, 15) is 62.4 Å². The Hall–Kier alpha value is -3.39. The number of ether oxygens (including phenoxy) is 6. The summed E-state index contributed by atoms with van der Waals surface area (Å²) in [5.41, 5.74) is -12.5. The highest BCUT2D eigenvalue weighted by Crippen LogP contribution is 2.49. The van der Waals surface area contributed by atoms with E-state index < -0.39 is 165 Å². The van der Waals surface area contributed by atoms with E-state index >= 15 is 0 Å². The van der Waals surface area contributed by atoms with Crippen LogP contribution in [0.4, 0.5) is 47.3 Å². The molecule has 0 bridgehead atoms. The summed E-state index contributed by atoms with van der Waals surface area (Å²) >= 11 is 36.0. The van der Waals surface area contributed by atoms with E-state index in [0.717, 1.165) is 19.6 Å². The van der Waals surface area contributed by atoms with Crippen LogP contribution in [0, 0.1) is 0 Å². The highest BCUT2D eigenvalue weighted by molar-refractivity contribution is 7.87. The van der Waals surface area contributed by atoms with Crippen molar-refractivity contribution in [1.29, 1.82) is 0 Å². The Morgan fingerprint density at radius 1 is 0.551 bits per heavy atom. The maximum absolute atomic E-state index is 14.7. The van der Waals surface area contributed by atoms with Crippen LogP contribution in [0.5, 0.6) is 23.0 Å². The molecule has 38 heteroatoms. The highest BCUT2D eigenvalue weighted by Gasteiger charge is 2.58. The first-order chi connectivity index (χ1) is 40.5. The lowest BCUT2D eigenvalue weighted by atomic mass is 10.1. The lowest BCUT2D eigenvalue weighted by Crippen LogP contribution is -2.58. The van der Waals surface area contributed by atoms with Gasteiger partial charge >= 0.3 is 43.4 Å². The van der Waals surface area contributed by atoms with Crippen LogP contribution in [0.2, 0.25) is 36.3 Å². The molecule has 6 atom stereocenters.